The standard InChI is InChI=1S/C5H11NO3/c1-6-2-4(3-7)9-5(6)8/h4-5,7-8H,2-3H2,1H3/t4-,5?/m1/s1. The van der Waals surface area contributed by atoms with Crippen molar-refractivity contribution in [2.75, 3.05) is 20.2 Å². The Morgan fingerprint density at radius 2 is 2.44 bits per heavy atom. The van der Waals surface area contributed by atoms with Crippen LogP contribution in [0.2, 0.25) is 0 Å². The molecule has 1 heterocycles. The Hall–Kier alpha value is -0.160. The van der Waals surface area contributed by atoms with Crippen LogP contribution in [0.5, 0.6) is 0 Å². The molecule has 4 heteroatoms. The lowest BCUT2D eigenvalue weighted by molar-refractivity contribution is -0.148. The molecule has 2 N–H and O–H groups in total. The number of hydrogen-bond donors (Lipinski definition) is 2. The van der Waals surface area contributed by atoms with Gasteiger partial charge in [-0.25, -0.2) is 0 Å². The van der Waals surface area contributed by atoms with Crippen LogP contribution in [0.25, 0.3) is 0 Å². The lowest BCUT2D eigenvalue weighted by atomic mass is 10.4. The molecule has 0 aliphatic carbocycles. The van der Waals surface area contributed by atoms with Gasteiger partial charge in [-0.15, -0.1) is 0 Å². The van der Waals surface area contributed by atoms with Gasteiger partial charge in [0.1, 0.15) is 0 Å². The fourth-order valence-electron chi connectivity index (χ4n) is 0.831. The Bertz CT molecular complexity index is 88.2. The number of hydrogen-bond acceptors (Lipinski definition) is 4. The summed E-state index contributed by atoms with van der Waals surface area (Å²) in [4.78, 5) is 1.63. The lowest BCUT2D eigenvalue weighted by Crippen LogP contribution is -2.25. The second-order valence-corrected chi connectivity index (χ2v) is 2.21. The lowest BCUT2D eigenvalue weighted by Gasteiger charge is -2.08. The van der Waals surface area contributed by atoms with Crippen LogP contribution in [-0.4, -0.2) is 47.8 Å². The molecule has 1 aliphatic rings. The third-order valence-corrected chi connectivity index (χ3v) is 1.39. The molecule has 1 rings (SSSR count). The molecule has 1 unspecified atom stereocenters. The van der Waals surface area contributed by atoms with Gasteiger partial charge in [-0.05, 0) is 7.05 Å². The van der Waals surface area contributed by atoms with E-state index in [1.54, 1.807) is 11.9 Å². The number of aliphatic hydroxyl groups is 2. The van der Waals surface area contributed by atoms with Crippen molar-refractivity contribution in [2.24, 2.45) is 0 Å². The zero-order chi connectivity index (χ0) is 6.85. The molecule has 0 aromatic heterocycles. The van der Waals surface area contributed by atoms with E-state index in [0.29, 0.717) is 6.54 Å². The van der Waals surface area contributed by atoms with Crippen molar-refractivity contribution in [1.29, 1.82) is 0 Å². The van der Waals surface area contributed by atoms with Crippen LogP contribution in [0.3, 0.4) is 0 Å². The van der Waals surface area contributed by atoms with E-state index < -0.39 is 6.41 Å². The maximum absolute atomic E-state index is 8.89. The number of rotatable bonds is 1. The molecule has 0 spiro atoms. The van der Waals surface area contributed by atoms with Crippen molar-refractivity contribution in [2.45, 2.75) is 12.5 Å². The van der Waals surface area contributed by atoms with E-state index >= 15 is 0 Å². The minimum atomic E-state index is -0.831. The Morgan fingerprint density at radius 1 is 1.78 bits per heavy atom. The smallest absolute Gasteiger partial charge is 0.216 e. The average Bonchev–Trinajstić information content (AvgIpc) is 2.13. The first-order valence-corrected chi connectivity index (χ1v) is 2.88. The van der Waals surface area contributed by atoms with Crippen LogP contribution >= 0.6 is 0 Å². The van der Waals surface area contributed by atoms with E-state index in [0.717, 1.165) is 0 Å². The Labute approximate surface area is 53.7 Å². The molecule has 1 fully saturated rings. The molecule has 0 radical (unpaired) electrons. The van der Waals surface area contributed by atoms with Gasteiger partial charge in [-0.1, -0.05) is 0 Å². The topological polar surface area (TPSA) is 52.9 Å². The molecule has 0 aromatic carbocycles. The molecule has 1 saturated heterocycles. The minimum absolute atomic E-state index is 0.0264. The van der Waals surface area contributed by atoms with Crippen LogP contribution in [-0.2, 0) is 4.74 Å². The highest BCUT2D eigenvalue weighted by Crippen LogP contribution is 2.09. The van der Waals surface area contributed by atoms with Gasteiger partial charge in [-0.2, -0.15) is 0 Å². The SMILES string of the molecule is CN1C[C@H](CO)OC1O. The summed E-state index contributed by atoms with van der Waals surface area (Å²) in [6.07, 6.45) is -1.05. The quantitative estimate of drug-likeness (QED) is 0.461. The summed E-state index contributed by atoms with van der Waals surface area (Å²) in [5, 5.41) is 17.4. The fraction of sp³-hybridized carbons (Fsp3) is 1.00. The summed E-state index contributed by atoms with van der Waals surface area (Å²) in [6.45, 7) is 0.569. The van der Waals surface area contributed by atoms with E-state index in [4.69, 9.17) is 14.9 Å². The molecule has 4 nitrogen and oxygen atoms in total. The molecule has 0 bridgehead atoms. The van der Waals surface area contributed by atoms with Crippen LogP contribution in [0.1, 0.15) is 0 Å². The Morgan fingerprint density at radius 3 is 2.67 bits per heavy atom. The third-order valence-electron chi connectivity index (χ3n) is 1.39. The summed E-state index contributed by atoms with van der Waals surface area (Å²) < 4.78 is 4.85. The molecule has 1 aliphatic heterocycles. The summed E-state index contributed by atoms with van der Waals surface area (Å²) in [5.41, 5.74) is 0. The summed E-state index contributed by atoms with van der Waals surface area (Å²) >= 11 is 0. The second-order valence-electron chi connectivity index (χ2n) is 2.21. The number of ether oxygens (including phenoxy) is 1. The van der Waals surface area contributed by atoms with E-state index in [2.05, 4.69) is 0 Å². The summed E-state index contributed by atoms with van der Waals surface area (Å²) in [6, 6.07) is 0. The van der Waals surface area contributed by atoms with Gasteiger partial charge in [0.25, 0.3) is 0 Å². The fourth-order valence-corrected chi connectivity index (χ4v) is 0.831. The van der Waals surface area contributed by atoms with Gasteiger partial charge in [0.2, 0.25) is 6.41 Å². The van der Waals surface area contributed by atoms with E-state index in [9.17, 15) is 0 Å². The number of aliphatic hydroxyl groups excluding tert-OH is 2. The monoisotopic (exact) mass is 133 g/mol. The predicted octanol–water partition coefficient (Wildman–Crippen LogP) is -1.41. The minimum Gasteiger partial charge on any atom is -0.394 e. The highest BCUT2D eigenvalue weighted by atomic mass is 16.6. The molecule has 0 saturated carbocycles. The highest BCUT2D eigenvalue weighted by Gasteiger charge is 2.27. The predicted molar refractivity (Wildman–Crippen MR) is 30.6 cm³/mol. The maximum atomic E-state index is 8.89. The molecular weight excluding hydrogens is 122 g/mol. The summed E-state index contributed by atoms with van der Waals surface area (Å²) in [7, 11) is 1.74. The Balaban J connectivity index is 2.35. The molecule has 9 heavy (non-hydrogen) atoms. The maximum Gasteiger partial charge on any atom is 0.216 e. The average molecular weight is 133 g/mol. The Kier molecular flexibility index (Phi) is 2.02. The molecule has 54 valence electrons. The zero-order valence-electron chi connectivity index (χ0n) is 5.32. The third kappa shape index (κ3) is 1.40. The highest BCUT2D eigenvalue weighted by molar-refractivity contribution is 4.68. The van der Waals surface area contributed by atoms with Crippen molar-refractivity contribution in [3.05, 3.63) is 0 Å². The van der Waals surface area contributed by atoms with Gasteiger partial charge in [0, 0.05) is 6.54 Å². The second kappa shape index (κ2) is 2.62. The normalized spacial score (nSPS) is 37.7. The number of likely N-dealkylation sites (N-methyl/N-ethyl adjacent to an activating group) is 1. The van der Waals surface area contributed by atoms with Crippen LogP contribution in [0, 0.1) is 0 Å². The van der Waals surface area contributed by atoms with Crippen molar-refractivity contribution in [3.8, 4) is 0 Å². The van der Waals surface area contributed by atoms with Gasteiger partial charge in [0.15, 0.2) is 0 Å². The first kappa shape index (κ1) is 6.95. The van der Waals surface area contributed by atoms with E-state index in [1.165, 1.54) is 0 Å². The van der Waals surface area contributed by atoms with Gasteiger partial charge >= 0.3 is 0 Å². The first-order valence-electron chi connectivity index (χ1n) is 2.88. The van der Waals surface area contributed by atoms with E-state index in [1.807, 2.05) is 0 Å². The molecule has 2 atom stereocenters. The van der Waals surface area contributed by atoms with Gasteiger partial charge < -0.3 is 14.9 Å². The largest absolute Gasteiger partial charge is 0.394 e. The molecular formula is C5H11NO3. The zero-order valence-corrected chi connectivity index (χ0v) is 5.32. The van der Waals surface area contributed by atoms with Crippen molar-refractivity contribution >= 4 is 0 Å². The van der Waals surface area contributed by atoms with Crippen molar-refractivity contribution in [3.63, 3.8) is 0 Å². The molecule has 0 aromatic rings. The van der Waals surface area contributed by atoms with Crippen molar-refractivity contribution < 1.29 is 14.9 Å². The first-order chi connectivity index (χ1) is 4.24. The van der Waals surface area contributed by atoms with Gasteiger partial charge in [0.05, 0.1) is 12.7 Å². The number of nitrogens with zero attached hydrogens (tertiary/aromatic N) is 1. The molecule has 0 amide bonds. The summed E-state index contributed by atoms with van der Waals surface area (Å²) in [5.74, 6) is 0. The van der Waals surface area contributed by atoms with Gasteiger partial charge in [-0.3, -0.25) is 4.90 Å². The van der Waals surface area contributed by atoms with Crippen LogP contribution in [0.4, 0.5) is 0 Å². The van der Waals surface area contributed by atoms with Crippen LogP contribution < -0.4 is 0 Å². The van der Waals surface area contributed by atoms with E-state index in [-0.39, 0.29) is 12.7 Å². The van der Waals surface area contributed by atoms with Crippen molar-refractivity contribution in [1.82, 2.24) is 4.90 Å². The van der Waals surface area contributed by atoms with Crippen LogP contribution in [0.15, 0.2) is 0 Å².